The molecule has 13 heavy (non-hydrogen) atoms. The number of carbonyl (C=O) groups excluding carboxylic acids is 2. The Morgan fingerprint density at radius 1 is 1.08 bits per heavy atom. The standard InChI is InChI=1S/C9H12O4/c1-5-3-9(12-7(5)10)4-6(2)8(11)13-9/h5-6H,3-4H2,1-2H3. The molecule has 0 aliphatic carbocycles. The van der Waals surface area contributed by atoms with E-state index < -0.39 is 5.79 Å². The van der Waals surface area contributed by atoms with Gasteiger partial charge in [0, 0.05) is 12.8 Å². The second kappa shape index (κ2) is 2.47. The van der Waals surface area contributed by atoms with Gasteiger partial charge in [0.2, 0.25) is 0 Å². The zero-order valence-electron chi connectivity index (χ0n) is 7.70. The molecule has 1 spiro atoms. The first-order valence-electron chi connectivity index (χ1n) is 4.48. The lowest BCUT2D eigenvalue weighted by Crippen LogP contribution is -2.27. The van der Waals surface area contributed by atoms with Crippen LogP contribution in [0.1, 0.15) is 26.7 Å². The highest BCUT2D eigenvalue weighted by Crippen LogP contribution is 2.42. The first kappa shape index (κ1) is 8.53. The lowest BCUT2D eigenvalue weighted by molar-refractivity contribution is -0.197. The minimum atomic E-state index is -0.924. The van der Waals surface area contributed by atoms with E-state index in [4.69, 9.17) is 9.47 Å². The van der Waals surface area contributed by atoms with E-state index in [1.165, 1.54) is 0 Å². The van der Waals surface area contributed by atoms with Crippen molar-refractivity contribution < 1.29 is 19.1 Å². The fraction of sp³-hybridized carbons (Fsp3) is 0.778. The molecule has 2 aliphatic heterocycles. The Balaban J connectivity index is 2.17. The molecule has 2 unspecified atom stereocenters. The Bertz CT molecular complexity index is 243. The summed E-state index contributed by atoms with van der Waals surface area (Å²) in [7, 11) is 0. The Labute approximate surface area is 76.2 Å². The van der Waals surface area contributed by atoms with E-state index in [2.05, 4.69) is 0 Å². The van der Waals surface area contributed by atoms with Gasteiger partial charge < -0.3 is 9.47 Å². The van der Waals surface area contributed by atoms with Crippen molar-refractivity contribution in [3.8, 4) is 0 Å². The van der Waals surface area contributed by atoms with Crippen molar-refractivity contribution >= 4 is 11.9 Å². The van der Waals surface area contributed by atoms with Crippen molar-refractivity contribution in [2.24, 2.45) is 11.8 Å². The third kappa shape index (κ3) is 1.20. The van der Waals surface area contributed by atoms with Crippen LogP contribution in [0.3, 0.4) is 0 Å². The molecule has 0 N–H and O–H groups in total. The normalized spacial score (nSPS) is 43.8. The Kier molecular flexibility index (Phi) is 1.62. The highest BCUT2D eigenvalue weighted by molar-refractivity contribution is 5.79. The second-order valence-corrected chi connectivity index (χ2v) is 3.96. The molecule has 0 aromatic rings. The number of hydrogen-bond donors (Lipinski definition) is 0. The van der Waals surface area contributed by atoms with Crippen LogP contribution < -0.4 is 0 Å². The van der Waals surface area contributed by atoms with Crippen LogP contribution in [0.5, 0.6) is 0 Å². The van der Waals surface area contributed by atoms with Crippen LogP contribution in [0.15, 0.2) is 0 Å². The molecule has 0 aromatic carbocycles. The summed E-state index contributed by atoms with van der Waals surface area (Å²) in [4.78, 5) is 22.3. The van der Waals surface area contributed by atoms with E-state index in [1.807, 2.05) is 0 Å². The summed E-state index contributed by atoms with van der Waals surface area (Å²) in [6, 6.07) is 0. The monoisotopic (exact) mass is 184 g/mol. The van der Waals surface area contributed by atoms with Gasteiger partial charge in [-0.25, -0.2) is 0 Å². The molecule has 0 bridgehead atoms. The number of ether oxygens (including phenoxy) is 2. The van der Waals surface area contributed by atoms with Crippen LogP contribution in [0.4, 0.5) is 0 Å². The molecule has 4 heteroatoms. The van der Waals surface area contributed by atoms with Crippen LogP contribution in [0, 0.1) is 11.8 Å². The average molecular weight is 184 g/mol. The van der Waals surface area contributed by atoms with Crippen molar-refractivity contribution in [3.63, 3.8) is 0 Å². The number of carbonyl (C=O) groups is 2. The van der Waals surface area contributed by atoms with Crippen LogP contribution >= 0.6 is 0 Å². The Hall–Kier alpha value is -1.06. The molecule has 2 fully saturated rings. The summed E-state index contributed by atoms with van der Waals surface area (Å²) in [5.41, 5.74) is 0. The van der Waals surface area contributed by atoms with Gasteiger partial charge >= 0.3 is 11.9 Å². The molecule has 0 aromatic heterocycles. The van der Waals surface area contributed by atoms with E-state index in [9.17, 15) is 9.59 Å². The fourth-order valence-electron chi connectivity index (χ4n) is 1.94. The molecule has 2 aliphatic rings. The SMILES string of the molecule is CC1CC2(CC(C)C(=O)O2)OC1=O. The van der Waals surface area contributed by atoms with E-state index >= 15 is 0 Å². The van der Waals surface area contributed by atoms with Gasteiger partial charge in [0.25, 0.3) is 5.79 Å². The zero-order chi connectivity index (χ0) is 9.64. The first-order valence-corrected chi connectivity index (χ1v) is 4.48. The number of rotatable bonds is 0. The van der Waals surface area contributed by atoms with Gasteiger partial charge in [0.15, 0.2) is 0 Å². The van der Waals surface area contributed by atoms with E-state index in [1.54, 1.807) is 13.8 Å². The number of hydrogen-bond acceptors (Lipinski definition) is 4. The number of esters is 2. The Morgan fingerprint density at radius 2 is 1.46 bits per heavy atom. The van der Waals surface area contributed by atoms with Crippen molar-refractivity contribution in [2.75, 3.05) is 0 Å². The molecule has 0 saturated carbocycles. The van der Waals surface area contributed by atoms with Gasteiger partial charge in [0.05, 0.1) is 11.8 Å². The van der Waals surface area contributed by atoms with Gasteiger partial charge in [-0.2, -0.15) is 0 Å². The highest BCUT2D eigenvalue weighted by Gasteiger charge is 2.54. The average Bonchev–Trinajstić information content (AvgIpc) is 2.39. The predicted molar refractivity (Wildman–Crippen MR) is 42.5 cm³/mol. The predicted octanol–water partition coefficient (Wildman–Crippen LogP) is 0.849. The lowest BCUT2D eigenvalue weighted by Gasteiger charge is -2.19. The lowest BCUT2D eigenvalue weighted by atomic mass is 9.99. The van der Waals surface area contributed by atoms with Crippen molar-refractivity contribution in [2.45, 2.75) is 32.5 Å². The van der Waals surface area contributed by atoms with Gasteiger partial charge in [-0.05, 0) is 0 Å². The van der Waals surface area contributed by atoms with E-state index in [0.29, 0.717) is 12.8 Å². The molecular formula is C9H12O4. The maximum absolute atomic E-state index is 11.1. The summed E-state index contributed by atoms with van der Waals surface area (Å²) in [5, 5.41) is 0. The first-order chi connectivity index (χ1) is 6.02. The quantitative estimate of drug-likeness (QED) is 0.524. The molecule has 0 radical (unpaired) electrons. The summed E-state index contributed by atoms with van der Waals surface area (Å²) in [6.45, 7) is 3.57. The molecule has 2 saturated heterocycles. The molecule has 2 rings (SSSR count). The molecule has 72 valence electrons. The molecular weight excluding hydrogens is 172 g/mol. The van der Waals surface area contributed by atoms with Crippen molar-refractivity contribution in [3.05, 3.63) is 0 Å². The second-order valence-electron chi connectivity index (χ2n) is 3.96. The Morgan fingerprint density at radius 3 is 1.69 bits per heavy atom. The van der Waals surface area contributed by atoms with Crippen LogP contribution in [-0.4, -0.2) is 17.7 Å². The molecule has 0 amide bonds. The molecule has 2 atom stereocenters. The highest BCUT2D eigenvalue weighted by atomic mass is 16.7. The van der Waals surface area contributed by atoms with E-state index in [-0.39, 0.29) is 23.8 Å². The summed E-state index contributed by atoms with van der Waals surface area (Å²) in [5.74, 6) is -1.76. The molecule has 2 heterocycles. The van der Waals surface area contributed by atoms with Crippen molar-refractivity contribution in [1.29, 1.82) is 0 Å². The van der Waals surface area contributed by atoms with Crippen LogP contribution in [0.2, 0.25) is 0 Å². The van der Waals surface area contributed by atoms with Gasteiger partial charge in [-0.3, -0.25) is 9.59 Å². The third-order valence-corrected chi connectivity index (χ3v) is 2.61. The maximum Gasteiger partial charge on any atom is 0.312 e. The largest absolute Gasteiger partial charge is 0.422 e. The minimum absolute atomic E-state index is 0.155. The summed E-state index contributed by atoms with van der Waals surface area (Å²) < 4.78 is 10.2. The fourth-order valence-corrected chi connectivity index (χ4v) is 1.94. The minimum Gasteiger partial charge on any atom is -0.422 e. The maximum atomic E-state index is 11.1. The van der Waals surface area contributed by atoms with E-state index in [0.717, 1.165) is 0 Å². The molecule has 4 nitrogen and oxygen atoms in total. The summed E-state index contributed by atoms with van der Waals surface area (Å²) >= 11 is 0. The smallest absolute Gasteiger partial charge is 0.312 e. The third-order valence-electron chi connectivity index (χ3n) is 2.61. The van der Waals surface area contributed by atoms with Crippen LogP contribution in [0.25, 0.3) is 0 Å². The van der Waals surface area contributed by atoms with Gasteiger partial charge in [-0.1, -0.05) is 13.8 Å². The topological polar surface area (TPSA) is 52.6 Å². The van der Waals surface area contributed by atoms with Gasteiger partial charge in [0.1, 0.15) is 0 Å². The zero-order valence-corrected chi connectivity index (χ0v) is 7.70. The van der Waals surface area contributed by atoms with Crippen LogP contribution in [-0.2, 0) is 19.1 Å². The summed E-state index contributed by atoms with van der Waals surface area (Å²) in [6.07, 6.45) is 1.00. The van der Waals surface area contributed by atoms with Crippen molar-refractivity contribution in [1.82, 2.24) is 0 Å². The van der Waals surface area contributed by atoms with Gasteiger partial charge in [-0.15, -0.1) is 0 Å².